The van der Waals surface area contributed by atoms with E-state index in [9.17, 15) is 9.18 Å². The summed E-state index contributed by atoms with van der Waals surface area (Å²) in [6.07, 6.45) is 3.02. The summed E-state index contributed by atoms with van der Waals surface area (Å²) in [7, 11) is 0. The van der Waals surface area contributed by atoms with Gasteiger partial charge in [-0.1, -0.05) is 41.6 Å². The van der Waals surface area contributed by atoms with Crippen molar-refractivity contribution in [1.29, 1.82) is 0 Å². The Hall–Kier alpha value is -3.72. The number of carbonyl (C=O) groups excluding carboxylic acids is 1. The number of hydrazone groups is 1. The van der Waals surface area contributed by atoms with Crippen LogP contribution in [0.5, 0.6) is 0 Å². The summed E-state index contributed by atoms with van der Waals surface area (Å²) in [5.41, 5.74) is 5.12. The third-order valence-electron chi connectivity index (χ3n) is 4.27. The minimum Gasteiger partial charge on any atom is -0.461 e. The van der Waals surface area contributed by atoms with Crippen LogP contribution in [-0.2, 0) is 4.79 Å². The fourth-order valence-corrected chi connectivity index (χ4v) is 3.49. The zero-order valence-electron chi connectivity index (χ0n) is 16.5. The van der Waals surface area contributed by atoms with Gasteiger partial charge in [-0.3, -0.25) is 9.36 Å². The van der Waals surface area contributed by atoms with Crippen molar-refractivity contribution >= 4 is 23.9 Å². The first-order valence-corrected chi connectivity index (χ1v) is 10.4. The zero-order valence-corrected chi connectivity index (χ0v) is 17.3. The van der Waals surface area contributed by atoms with E-state index in [0.717, 1.165) is 11.3 Å². The molecule has 0 aliphatic carbocycles. The standard InChI is InChI=1S/C22H18FN5O2S/c1-15-4-10-18(11-5-15)28-21(19-3-2-12-30-19)26-27-22(28)31-14-20(29)25-24-13-16-6-8-17(23)9-7-16/h2-13H,14H2,1H3,(H,25,29)/b24-13+. The lowest BCUT2D eigenvalue weighted by molar-refractivity contribution is -0.118. The molecular formula is C22H18FN5O2S. The van der Waals surface area contributed by atoms with Crippen LogP contribution in [0, 0.1) is 12.7 Å². The molecule has 2 aromatic heterocycles. The topological polar surface area (TPSA) is 85.3 Å². The Labute approximate surface area is 182 Å². The van der Waals surface area contributed by atoms with Gasteiger partial charge in [0.25, 0.3) is 5.91 Å². The van der Waals surface area contributed by atoms with Gasteiger partial charge < -0.3 is 4.42 Å². The van der Waals surface area contributed by atoms with Crippen LogP contribution in [0.25, 0.3) is 17.3 Å². The van der Waals surface area contributed by atoms with Gasteiger partial charge in [-0.25, -0.2) is 9.82 Å². The Balaban J connectivity index is 1.47. The summed E-state index contributed by atoms with van der Waals surface area (Å²) in [4.78, 5) is 12.2. The second-order valence-electron chi connectivity index (χ2n) is 6.59. The smallest absolute Gasteiger partial charge is 0.250 e. The lowest BCUT2D eigenvalue weighted by Gasteiger charge is -2.09. The van der Waals surface area contributed by atoms with Crippen LogP contribution in [0.4, 0.5) is 4.39 Å². The molecule has 156 valence electrons. The normalized spacial score (nSPS) is 11.2. The third-order valence-corrected chi connectivity index (χ3v) is 5.20. The van der Waals surface area contributed by atoms with E-state index in [2.05, 4.69) is 20.7 Å². The zero-order chi connectivity index (χ0) is 21.6. The second kappa shape index (κ2) is 9.40. The number of benzene rings is 2. The van der Waals surface area contributed by atoms with E-state index in [4.69, 9.17) is 4.42 Å². The van der Waals surface area contributed by atoms with Crippen LogP contribution in [-0.4, -0.2) is 32.6 Å². The molecule has 31 heavy (non-hydrogen) atoms. The lowest BCUT2D eigenvalue weighted by Crippen LogP contribution is -2.20. The molecule has 0 unspecified atom stereocenters. The molecule has 1 amide bonds. The summed E-state index contributed by atoms with van der Waals surface area (Å²) in [6, 6.07) is 17.3. The number of hydrogen-bond donors (Lipinski definition) is 1. The van der Waals surface area contributed by atoms with Crippen molar-refractivity contribution in [1.82, 2.24) is 20.2 Å². The van der Waals surface area contributed by atoms with Gasteiger partial charge in [0.1, 0.15) is 5.82 Å². The first-order chi connectivity index (χ1) is 15.1. The molecule has 2 heterocycles. The predicted molar refractivity (Wildman–Crippen MR) is 117 cm³/mol. The van der Waals surface area contributed by atoms with Crippen molar-refractivity contribution < 1.29 is 13.6 Å². The Morgan fingerprint density at radius 2 is 1.94 bits per heavy atom. The molecule has 1 N–H and O–H groups in total. The van der Waals surface area contributed by atoms with E-state index in [0.29, 0.717) is 22.3 Å². The lowest BCUT2D eigenvalue weighted by atomic mass is 10.2. The van der Waals surface area contributed by atoms with Crippen molar-refractivity contribution in [2.45, 2.75) is 12.1 Å². The molecule has 7 nitrogen and oxygen atoms in total. The molecule has 0 radical (unpaired) electrons. The number of amides is 1. The molecule has 0 aliphatic heterocycles. The SMILES string of the molecule is Cc1ccc(-n2c(SCC(=O)N/N=C/c3ccc(F)cc3)nnc2-c2ccco2)cc1. The van der Waals surface area contributed by atoms with Crippen LogP contribution in [0.15, 0.2) is 81.6 Å². The number of aromatic nitrogens is 3. The Morgan fingerprint density at radius 3 is 2.65 bits per heavy atom. The van der Waals surface area contributed by atoms with Gasteiger partial charge in [0, 0.05) is 5.69 Å². The van der Waals surface area contributed by atoms with Gasteiger partial charge in [-0.15, -0.1) is 10.2 Å². The number of nitrogens with one attached hydrogen (secondary N) is 1. The van der Waals surface area contributed by atoms with Gasteiger partial charge in [-0.05, 0) is 48.9 Å². The van der Waals surface area contributed by atoms with Crippen LogP contribution < -0.4 is 5.43 Å². The maximum absolute atomic E-state index is 12.9. The number of halogens is 1. The van der Waals surface area contributed by atoms with Gasteiger partial charge in [-0.2, -0.15) is 5.10 Å². The highest BCUT2D eigenvalue weighted by atomic mass is 32.2. The van der Waals surface area contributed by atoms with Crippen molar-refractivity contribution in [2.24, 2.45) is 5.10 Å². The minimum atomic E-state index is -0.329. The summed E-state index contributed by atoms with van der Waals surface area (Å²) >= 11 is 1.23. The van der Waals surface area contributed by atoms with E-state index in [1.807, 2.05) is 35.8 Å². The number of rotatable bonds is 7. The molecule has 4 aromatic rings. The molecule has 0 atom stereocenters. The minimum absolute atomic E-state index is 0.0862. The quantitative estimate of drug-likeness (QED) is 0.267. The Morgan fingerprint density at radius 1 is 1.16 bits per heavy atom. The van der Waals surface area contributed by atoms with Crippen LogP contribution in [0.3, 0.4) is 0 Å². The summed E-state index contributed by atoms with van der Waals surface area (Å²) in [6.45, 7) is 2.01. The van der Waals surface area contributed by atoms with Crippen molar-refractivity contribution in [3.8, 4) is 17.3 Å². The fourth-order valence-electron chi connectivity index (χ4n) is 2.75. The molecule has 0 aliphatic rings. The summed E-state index contributed by atoms with van der Waals surface area (Å²) < 4.78 is 20.3. The molecule has 0 fully saturated rings. The largest absolute Gasteiger partial charge is 0.461 e. The predicted octanol–water partition coefficient (Wildman–Crippen LogP) is 4.22. The monoisotopic (exact) mass is 435 g/mol. The van der Waals surface area contributed by atoms with E-state index in [1.165, 1.54) is 30.1 Å². The van der Waals surface area contributed by atoms with E-state index >= 15 is 0 Å². The molecule has 9 heteroatoms. The number of carbonyl (C=O) groups is 1. The number of furan rings is 1. The average molecular weight is 435 g/mol. The molecule has 0 bridgehead atoms. The number of thioether (sulfide) groups is 1. The highest BCUT2D eigenvalue weighted by Gasteiger charge is 2.18. The van der Waals surface area contributed by atoms with Crippen molar-refractivity contribution in [3.05, 3.63) is 83.9 Å². The van der Waals surface area contributed by atoms with Gasteiger partial charge >= 0.3 is 0 Å². The van der Waals surface area contributed by atoms with Crippen LogP contribution in [0.2, 0.25) is 0 Å². The molecule has 4 rings (SSSR count). The maximum atomic E-state index is 12.9. The van der Waals surface area contributed by atoms with E-state index < -0.39 is 0 Å². The molecule has 0 spiro atoms. The molecular weight excluding hydrogens is 417 g/mol. The second-order valence-corrected chi connectivity index (χ2v) is 7.53. The highest BCUT2D eigenvalue weighted by molar-refractivity contribution is 7.99. The molecule has 0 saturated carbocycles. The van der Waals surface area contributed by atoms with Crippen molar-refractivity contribution in [3.63, 3.8) is 0 Å². The van der Waals surface area contributed by atoms with Gasteiger partial charge in [0.15, 0.2) is 10.9 Å². The maximum Gasteiger partial charge on any atom is 0.250 e. The fraction of sp³-hybridized carbons (Fsp3) is 0.0909. The van der Waals surface area contributed by atoms with E-state index in [-0.39, 0.29) is 17.5 Å². The first-order valence-electron chi connectivity index (χ1n) is 9.37. The van der Waals surface area contributed by atoms with Crippen molar-refractivity contribution in [2.75, 3.05) is 5.75 Å². The molecule has 2 aromatic carbocycles. The van der Waals surface area contributed by atoms with Gasteiger partial charge in [0.2, 0.25) is 5.82 Å². The number of aryl methyl sites for hydroxylation is 1. The van der Waals surface area contributed by atoms with E-state index in [1.54, 1.807) is 30.5 Å². The highest BCUT2D eigenvalue weighted by Crippen LogP contribution is 2.28. The summed E-state index contributed by atoms with van der Waals surface area (Å²) in [5, 5.41) is 12.9. The number of hydrogen-bond acceptors (Lipinski definition) is 6. The first kappa shape index (κ1) is 20.5. The Bertz CT molecular complexity index is 1190. The number of nitrogens with zero attached hydrogens (tertiary/aromatic N) is 4. The average Bonchev–Trinajstić information content (AvgIpc) is 3.44. The van der Waals surface area contributed by atoms with Gasteiger partial charge in [0.05, 0.1) is 18.2 Å². The van der Waals surface area contributed by atoms with Crippen LogP contribution >= 0.6 is 11.8 Å². The summed E-state index contributed by atoms with van der Waals surface area (Å²) in [5.74, 6) is 0.577. The molecule has 0 saturated heterocycles. The third kappa shape index (κ3) is 5.07. The Kier molecular flexibility index (Phi) is 6.23. The van der Waals surface area contributed by atoms with Crippen LogP contribution in [0.1, 0.15) is 11.1 Å².